The number of fused-ring (bicyclic) bond motifs is 1. The van der Waals surface area contributed by atoms with Gasteiger partial charge in [-0.1, -0.05) is 30.3 Å². The molecule has 2 aromatic rings. The van der Waals surface area contributed by atoms with E-state index in [0.29, 0.717) is 5.02 Å². The van der Waals surface area contributed by atoms with Crippen LogP contribution in [0.1, 0.15) is 0 Å². The van der Waals surface area contributed by atoms with E-state index in [1.807, 2.05) is 0 Å². The van der Waals surface area contributed by atoms with Crippen LogP contribution < -0.4 is 0 Å². The molecule has 0 saturated carbocycles. The van der Waals surface area contributed by atoms with E-state index in [1.165, 1.54) is 0 Å². The van der Waals surface area contributed by atoms with Crippen molar-refractivity contribution in [1.82, 2.24) is 0 Å². The molecule has 0 amide bonds. The Morgan fingerprint density at radius 2 is 1.69 bits per heavy atom. The summed E-state index contributed by atoms with van der Waals surface area (Å²) in [5.74, 6) is 0. The second-order valence-corrected chi connectivity index (χ2v) is 5.70. The zero-order valence-corrected chi connectivity index (χ0v) is 9.92. The van der Waals surface area contributed by atoms with Gasteiger partial charge in [0, 0.05) is 10.4 Å². The van der Waals surface area contributed by atoms with E-state index in [0.717, 1.165) is 16.2 Å². The van der Waals surface area contributed by atoms with E-state index in [2.05, 4.69) is 6.58 Å². The van der Waals surface area contributed by atoms with Crippen molar-refractivity contribution in [3.8, 4) is 0 Å². The molecule has 0 heterocycles. The normalized spacial score (nSPS) is 11.6. The van der Waals surface area contributed by atoms with E-state index in [-0.39, 0.29) is 4.90 Å². The average Bonchev–Trinajstić information content (AvgIpc) is 2.28. The molecule has 2 aromatic carbocycles. The summed E-state index contributed by atoms with van der Waals surface area (Å²) < 4.78 is 23.1. The van der Waals surface area contributed by atoms with Crippen LogP contribution in [-0.4, -0.2) is 8.42 Å². The monoisotopic (exact) mass is 252 g/mol. The highest BCUT2D eigenvalue weighted by molar-refractivity contribution is 7.94. The Morgan fingerprint density at radius 1 is 1.06 bits per heavy atom. The highest BCUT2D eigenvalue weighted by Crippen LogP contribution is 2.23. The van der Waals surface area contributed by atoms with Gasteiger partial charge in [-0.3, -0.25) is 0 Å². The van der Waals surface area contributed by atoms with Gasteiger partial charge in [-0.2, -0.15) is 0 Å². The minimum atomic E-state index is -3.37. The van der Waals surface area contributed by atoms with Crippen molar-refractivity contribution < 1.29 is 8.42 Å². The maximum absolute atomic E-state index is 11.6. The third-order valence-corrected chi connectivity index (χ3v) is 3.91. The molecule has 0 spiro atoms. The fraction of sp³-hybridized carbons (Fsp3) is 0. The van der Waals surface area contributed by atoms with Gasteiger partial charge in [-0.05, 0) is 35.0 Å². The molecule has 0 unspecified atom stereocenters. The molecular formula is C12H9ClO2S. The molecular weight excluding hydrogens is 244 g/mol. The second-order valence-electron chi connectivity index (χ2n) is 3.36. The predicted octanol–water partition coefficient (Wildman–Crippen LogP) is 3.41. The molecule has 2 nitrogen and oxygen atoms in total. The number of halogens is 1. The summed E-state index contributed by atoms with van der Waals surface area (Å²) in [6, 6.07) is 10.2. The summed E-state index contributed by atoms with van der Waals surface area (Å²) in [6.07, 6.45) is 0. The van der Waals surface area contributed by atoms with Gasteiger partial charge in [0.05, 0.1) is 4.90 Å². The van der Waals surface area contributed by atoms with Crippen molar-refractivity contribution in [2.24, 2.45) is 0 Å². The van der Waals surface area contributed by atoms with Crippen LogP contribution in [0.4, 0.5) is 0 Å². The summed E-state index contributed by atoms with van der Waals surface area (Å²) in [6.45, 7) is 3.29. The molecule has 0 aromatic heterocycles. The third kappa shape index (κ3) is 1.96. The Labute approximate surface area is 99.1 Å². The molecule has 0 atom stereocenters. The molecule has 0 radical (unpaired) electrons. The maximum Gasteiger partial charge on any atom is 0.199 e. The van der Waals surface area contributed by atoms with Crippen molar-refractivity contribution in [2.45, 2.75) is 4.90 Å². The number of benzene rings is 2. The minimum absolute atomic E-state index is 0.248. The maximum atomic E-state index is 11.6. The first-order valence-corrected chi connectivity index (χ1v) is 6.52. The molecule has 0 fully saturated rings. The number of sulfone groups is 1. The Kier molecular flexibility index (Phi) is 2.74. The molecule has 0 bridgehead atoms. The molecule has 0 N–H and O–H groups in total. The summed E-state index contributed by atoms with van der Waals surface area (Å²) >= 11 is 5.84. The van der Waals surface area contributed by atoms with Gasteiger partial charge in [0.15, 0.2) is 9.84 Å². The van der Waals surface area contributed by atoms with Crippen molar-refractivity contribution in [1.29, 1.82) is 0 Å². The topological polar surface area (TPSA) is 34.1 Å². The summed E-state index contributed by atoms with van der Waals surface area (Å²) in [4.78, 5) is 0.248. The quantitative estimate of drug-likeness (QED) is 0.821. The smallest absolute Gasteiger partial charge is 0.199 e. The van der Waals surface area contributed by atoms with Crippen molar-refractivity contribution in [3.63, 3.8) is 0 Å². The standard InChI is InChI=1S/C12H9ClO2S/c1-2-16(14,15)12-6-4-9-7-11(13)5-3-10(9)8-12/h2-8H,1H2. The third-order valence-electron chi connectivity index (χ3n) is 2.32. The van der Waals surface area contributed by atoms with E-state index in [9.17, 15) is 8.42 Å². The van der Waals surface area contributed by atoms with E-state index in [1.54, 1.807) is 36.4 Å². The molecule has 4 heteroatoms. The van der Waals surface area contributed by atoms with Crippen molar-refractivity contribution in [2.75, 3.05) is 0 Å². The molecule has 16 heavy (non-hydrogen) atoms. The molecule has 82 valence electrons. The van der Waals surface area contributed by atoms with Crippen LogP contribution in [0.25, 0.3) is 10.8 Å². The van der Waals surface area contributed by atoms with Crippen LogP contribution in [0.5, 0.6) is 0 Å². The summed E-state index contributed by atoms with van der Waals surface area (Å²) in [5, 5.41) is 3.33. The number of hydrogen-bond donors (Lipinski definition) is 0. The zero-order chi connectivity index (χ0) is 11.8. The molecule has 0 aliphatic rings. The first-order valence-electron chi connectivity index (χ1n) is 4.60. The SMILES string of the molecule is C=CS(=O)(=O)c1ccc2cc(Cl)ccc2c1. The van der Waals surface area contributed by atoms with Gasteiger partial charge in [-0.15, -0.1) is 0 Å². The first kappa shape index (κ1) is 11.2. The highest BCUT2D eigenvalue weighted by Gasteiger charge is 2.09. The van der Waals surface area contributed by atoms with Gasteiger partial charge >= 0.3 is 0 Å². The van der Waals surface area contributed by atoms with E-state index in [4.69, 9.17) is 11.6 Å². The molecule has 0 aliphatic heterocycles. The largest absolute Gasteiger partial charge is 0.219 e. The Balaban J connectivity index is 2.70. The average molecular weight is 253 g/mol. The summed E-state index contributed by atoms with van der Waals surface area (Å²) in [7, 11) is -3.37. The van der Waals surface area contributed by atoms with Crippen LogP contribution in [0.15, 0.2) is 53.3 Å². The number of rotatable bonds is 2. The van der Waals surface area contributed by atoms with Crippen molar-refractivity contribution in [3.05, 3.63) is 53.4 Å². The lowest BCUT2D eigenvalue weighted by molar-refractivity contribution is 0.605. The Morgan fingerprint density at radius 3 is 2.38 bits per heavy atom. The van der Waals surface area contributed by atoms with Gasteiger partial charge in [0.1, 0.15) is 0 Å². The molecule has 2 rings (SSSR count). The van der Waals surface area contributed by atoms with Crippen LogP contribution in [0, 0.1) is 0 Å². The van der Waals surface area contributed by atoms with Gasteiger partial charge in [0.25, 0.3) is 0 Å². The van der Waals surface area contributed by atoms with Crippen LogP contribution in [0.3, 0.4) is 0 Å². The first-order chi connectivity index (χ1) is 7.53. The van der Waals surface area contributed by atoms with Gasteiger partial charge in [0.2, 0.25) is 0 Å². The highest BCUT2D eigenvalue weighted by atomic mass is 35.5. The fourth-order valence-electron chi connectivity index (χ4n) is 1.47. The second kappa shape index (κ2) is 3.92. The van der Waals surface area contributed by atoms with Crippen LogP contribution >= 0.6 is 11.6 Å². The van der Waals surface area contributed by atoms with E-state index < -0.39 is 9.84 Å². The van der Waals surface area contributed by atoms with Gasteiger partial charge in [-0.25, -0.2) is 8.42 Å². The lowest BCUT2D eigenvalue weighted by Gasteiger charge is -2.02. The number of hydrogen-bond acceptors (Lipinski definition) is 2. The Bertz CT molecular complexity index is 660. The Hall–Kier alpha value is -1.32. The van der Waals surface area contributed by atoms with Crippen LogP contribution in [-0.2, 0) is 9.84 Å². The molecule has 0 aliphatic carbocycles. The van der Waals surface area contributed by atoms with Crippen LogP contribution in [0.2, 0.25) is 5.02 Å². The lowest BCUT2D eigenvalue weighted by Crippen LogP contribution is -1.94. The summed E-state index contributed by atoms with van der Waals surface area (Å²) in [5.41, 5.74) is 0. The molecule has 0 saturated heterocycles. The fourth-order valence-corrected chi connectivity index (χ4v) is 2.39. The minimum Gasteiger partial charge on any atom is -0.219 e. The predicted molar refractivity (Wildman–Crippen MR) is 66.3 cm³/mol. The lowest BCUT2D eigenvalue weighted by atomic mass is 10.1. The van der Waals surface area contributed by atoms with Crippen molar-refractivity contribution >= 4 is 32.2 Å². The van der Waals surface area contributed by atoms with E-state index >= 15 is 0 Å². The van der Waals surface area contributed by atoms with Gasteiger partial charge < -0.3 is 0 Å². The zero-order valence-electron chi connectivity index (χ0n) is 8.35.